The maximum Gasteiger partial charge on any atom is 0.252 e. The quantitative estimate of drug-likeness (QED) is 0.166. The summed E-state index contributed by atoms with van der Waals surface area (Å²) in [4.78, 5) is 2.86. The Labute approximate surface area is 260 Å². The molecule has 0 saturated heterocycles. The lowest BCUT2D eigenvalue weighted by atomic mass is 9.33. The van der Waals surface area contributed by atoms with Gasteiger partial charge in [-0.3, -0.25) is 0 Å². The molecule has 10 rings (SSSR count). The number of rotatable bonds is 0. The number of aryl methyl sites for hydroxylation is 1. The van der Waals surface area contributed by atoms with E-state index in [9.17, 15) is 0 Å². The highest BCUT2D eigenvalue weighted by Gasteiger charge is 2.61. The van der Waals surface area contributed by atoms with E-state index in [-0.39, 0.29) is 23.1 Å². The Balaban J connectivity index is 1.42. The van der Waals surface area contributed by atoms with E-state index in [2.05, 4.69) is 130 Å². The molecule has 44 heavy (non-hydrogen) atoms. The monoisotopic (exact) mass is 570 g/mol. The fourth-order valence-corrected chi connectivity index (χ4v) is 10.1. The Morgan fingerprint density at radius 3 is 2.39 bits per heavy atom. The van der Waals surface area contributed by atoms with Gasteiger partial charge in [-0.25, -0.2) is 0 Å². The molecule has 3 heteroatoms. The molecule has 0 spiro atoms. The molecule has 4 heterocycles. The fraction of sp³-hybridized carbons (Fsp3) is 0.317. The van der Waals surface area contributed by atoms with Gasteiger partial charge < -0.3 is 9.47 Å². The molecular weight excluding hydrogens is 531 g/mol. The molecule has 2 unspecified atom stereocenters. The summed E-state index contributed by atoms with van der Waals surface area (Å²) in [5.41, 5.74) is 16.2. The van der Waals surface area contributed by atoms with E-state index >= 15 is 0 Å². The average molecular weight is 571 g/mol. The van der Waals surface area contributed by atoms with Crippen molar-refractivity contribution in [1.29, 1.82) is 0 Å². The SMILES string of the molecule is Cc1cc2c3c(c1)-n1c4ccc5ccccc5c4c4cccc(c41)B3c1cc(C(C)(C)C)cc3c1N2C1(C)CCCCC31C. The Bertz CT molecular complexity index is 2280. The second-order valence-electron chi connectivity index (χ2n) is 15.8. The van der Waals surface area contributed by atoms with Gasteiger partial charge in [-0.15, -0.1) is 0 Å². The second kappa shape index (κ2) is 7.81. The van der Waals surface area contributed by atoms with E-state index in [4.69, 9.17) is 0 Å². The Kier molecular flexibility index (Phi) is 4.50. The first-order chi connectivity index (χ1) is 21.1. The molecule has 0 amide bonds. The third kappa shape index (κ3) is 2.74. The topological polar surface area (TPSA) is 8.17 Å². The molecule has 6 aromatic rings. The summed E-state index contributed by atoms with van der Waals surface area (Å²) in [5, 5.41) is 5.42. The molecule has 1 fully saturated rings. The van der Waals surface area contributed by atoms with Crippen molar-refractivity contribution in [1.82, 2.24) is 4.57 Å². The molecule has 5 aromatic carbocycles. The van der Waals surface area contributed by atoms with Crippen molar-refractivity contribution in [2.45, 2.75) is 83.6 Å². The largest absolute Gasteiger partial charge is 0.335 e. The van der Waals surface area contributed by atoms with Crippen LogP contribution in [-0.4, -0.2) is 16.8 Å². The molecule has 2 nitrogen and oxygen atoms in total. The highest BCUT2D eigenvalue weighted by Crippen LogP contribution is 2.61. The molecule has 1 aliphatic carbocycles. The van der Waals surface area contributed by atoms with Gasteiger partial charge in [0.05, 0.1) is 11.1 Å². The maximum atomic E-state index is 2.86. The predicted octanol–water partition coefficient (Wildman–Crippen LogP) is 8.43. The van der Waals surface area contributed by atoms with Gasteiger partial charge in [0.2, 0.25) is 0 Å². The number of anilines is 2. The van der Waals surface area contributed by atoms with Crippen LogP contribution in [0.25, 0.3) is 38.3 Å². The maximum absolute atomic E-state index is 2.86. The minimum atomic E-state index is 0.0482. The molecule has 4 aliphatic rings. The first-order valence-corrected chi connectivity index (χ1v) is 16.7. The summed E-state index contributed by atoms with van der Waals surface area (Å²) < 4.78 is 2.63. The third-order valence-corrected chi connectivity index (χ3v) is 12.5. The Morgan fingerprint density at radius 1 is 0.773 bits per heavy atom. The zero-order valence-corrected chi connectivity index (χ0v) is 26.8. The minimum Gasteiger partial charge on any atom is -0.335 e. The molecular formula is C41H39BN2. The molecule has 216 valence electrons. The van der Waals surface area contributed by atoms with Crippen LogP contribution >= 0.6 is 0 Å². The van der Waals surface area contributed by atoms with Crippen molar-refractivity contribution in [3.05, 3.63) is 95.6 Å². The number of aromatic nitrogens is 1. The molecule has 1 saturated carbocycles. The van der Waals surface area contributed by atoms with Crippen LogP contribution in [0.1, 0.15) is 77.0 Å². The van der Waals surface area contributed by atoms with Crippen molar-refractivity contribution in [3.8, 4) is 5.69 Å². The van der Waals surface area contributed by atoms with Crippen LogP contribution in [0.4, 0.5) is 11.4 Å². The standard InChI is InChI=1S/C41H39BN2/c1-24-20-33-36-34(21-24)44-38-29(40(5)18-9-10-19-41(40,44)6)22-26(39(2,3)4)23-31(38)42(36)30-15-11-14-28-35-27-13-8-7-12-25(27)16-17-32(35)43(33)37(28)30/h7-8,11-17,20-23H,9-10,18-19H2,1-6H3. The van der Waals surface area contributed by atoms with E-state index in [1.165, 1.54) is 103 Å². The van der Waals surface area contributed by atoms with Gasteiger partial charge in [0.1, 0.15) is 0 Å². The summed E-state index contributed by atoms with van der Waals surface area (Å²) in [6.07, 6.45) is 5.10. The van der Waals surface area contributed by atoms with Crippen LogP contribution in [0.3, 0.4) is 0 Å². The van der Waals surface area contributed by atoms with Crippen molar-refractivity contribution in [2.24, 2.45) is 0 Å². The van der Waals surface area contributed by atoms with E-state index in [0.29, 0.717) is 0 Å². The number of hydrogen-bond acceptors (Lipinski definition) is 1. The lowest BCUT2D eigenvalue weighted by Crippen LogP contribution is -2.64. The highest BCUT2D eigenvalue weighted by atomic mass is 15.3. The van der Waals surface area contributed by atoms with E-state index < -0.39 is 0 Å². The minimum absolute atomic E-state index is 0.0482. The molecule has 3 aliphatic heterocycles. The van der Waals surface area contributed by atoms with Crippen molar-refractivity contribution >= 4 is 67.1 Å². The van der Waals surface area contributed by atoms with Crippen LogP contribution < -0.4 is 21.3 Å². The summed E-state index contributed by atoms with van der Waals surface area (Å²) >= 11 is 0. The van der Waals surface area contributed by atoms with E-state index in [0.717, 1.165) is 0 Å². The predicted molar refractivity (Wildman–Crippen MR) is 189 cm³/mol. The van der Waals surface area contributed by atoms with Crippen molar-refractivity contribution < 1.29 is 0 Å². The van der Waals surface area contributed by atoms with Gasteiger partial charge in [0.25, 0.3) is 6.71 Å². The van der Waals surface area contributed by atoms with Crippen LogP contribution in [0, 0.1) is 6.92 Å². The number of para-hydroxylation sites is 1. The van der Waals surface area contributed by atoms with Gasteiger partial charge in [0.15, 0.2) is 0 Å². The summed E-state index contributed by atoms with van der Waals surface area (Å²) in [6, 6.07) is 31.0. The number of nitrogens with zero attached hydrogens (tertiary/aromatic N) is 2. The van der Waals surface area contributed by atoms with Crippen molar-refractivity contribution in [2.75, 3.05) is 4.90 Å². The summed E-state index contributed by atoms with van der Waals surface area (Å²) in [7, 11) is 0. The smallest absolute Gasteiger partial charge is 0.252 e. The van der Waals surface area contributed by atoms with Crippen LogP contribution in [0.5, 0.6) is 0 Å². The highest BCUT2D eigenvalue weighted by molar-refractivity contribution is 7.00. The third-order valence-electron chi connectivity index (χ3n) is 12.5. The average Bonchev–Trinajstić information content (AvgIpc) is 3.45. The Hall–Kier alpha value is -3.98. The Morgan fingerprint density at radius 2 is 1.55 bits per heavy atom. The number of hydrogen-bond donors (Lipinski definition) is 0. The van der Waals surface area contributed by atoms with Gasteiger partial charge in [0, 0.05) is 38.8 Å². The summed E-state index contributed by atoms with van der Waals surface area (Å²) in [6.45, 7) is 14.9. The van der Waals surface area contributed by atoms with E-state index in [1.54, 1.807) is 5.56 Å². The van der Waals surface area contributed by atoms with Crippen LogP contribution in [0.2, 0.25) is 0 Å². The number of fused-ring (bicyclic) bond motifs is 12. The molecule has 2 atom stereocenters. The lowest BCUT2D eigenvalue weighted by Gasteiger charge is -2.52. The van der Waals surface area contributed by atoms with Crippen LogP contribution in [-0.2, 0) is 10.8 Å². The van der Waals surface area contributed by atoms with Gasteiger partial charge >= 0.3 is 0 Å². The van der Waals surface area contributed by atoms with Crippen molar-refractivity contribution in [3.63, 3.8) is 0 Å². The zero-order chi connectivity index (χ0) is 29.9. The fourth-order valence-electron chi connectivity index (χ4n) is 10.1. The van der Waals surface area contributed by atoms with Crippen LogP contribution in [0.15, 0.2) is 78.9 Å². The van der Waals surface area contributed by atoms with Gasteiger partial charge in [-0.2, -0.15) is 0 Å². The molecule has 0 radical (unpaired) electrons. The molecule has 0 N–H and O–H groups in total. The molecule has 1 aromatic heterocycles. The summed E-state index contributed by atoms with van der Waals surface area (Å²) in [5.74, 6) is 0. The van der Waals surface area contributed by atoms with E-state index in [1.807, 2.05) is 0 Å². The zero-order valence-electron chi connectivity index (χ0n) is 26.8. The number of benzene rings is 5. The van der Waals surface area contributed by atoms with Gasteiger partial charge in [-0.05, 0) is 94.2 Å². The van der Waals surface area contributed by atoms with Gasteiger partial charge in [-0.1, -0.05) is 101 Å². The molecule has 0 bridgehead atoms. The normalized spacial score (nSPS) is 23.0. The first-order valence-electron chi connectivity index (χ1n) is 16.7. The second-order valence-corrected chi connectivity index (χ2v) is 15.8. The first kappa shape index (κ1) is 25.4. The lowest BCUT2D eigenvalue weighted by molar-refractivity contribution is 0.195.